The van der Waals surface area contributed by atoms with Gasteiger partial charge in [-0.1, -0.05) is 22.0 Å². The number of carbonyl (C=O) groups excluding carboxylic acids is 1. The minimum Gasteiger partial charge on any atom is -0.351 e. The van der Waals surface area contributed by atoms with E-state index in [-0.39, 0.29) is 16.8 Å². The van der Waals surface area contributed by atoms with Crippen molar-refractivity contribution >= 4 is 31.9 Å². The van der Waals surface area contributed by atoms with Crippen LogP contribution in [0.3, 0.4) is 0 Å². The van der Waals surface area contributed by atoms with Gasteiger partial charge in [0.25, 0.3) is 0 Å². The summed E-state index contributed by atoms with van der Waals surface area (Å²) in [6.07, 6.45) is 6.21. The highest BCUT2D eigenvalue weighted by Crippen LogP contribution is 2.53. The van der Waals surface area contributed by atoms with Gasteiger partial charge >= 0.3 is 0 Å². The summed E-state index contributed by atoms with van der Waals surface area (Å²) in [5.41, 5.74) is -1.21. The van der Waals surface area contributed by atoms with Gasteiger partial charge in [0, 0.05) is 10.5 Å². The lowest BCUT2D eigenvalue weighted by Gasteiger charge is -2.54. The van der Waals surface area contributed by atoms with E-state index in [0.29, 0.717) is 16.3 Å². The minimum absolute atomic E-state index is 0.146. The van der Waals surface area contributed by atoms with Crippen LogP contribution in [0.5, 0.6) is 0 Å². The van der Waals surface area contributed by atoms with Gasteiger partial charge in [0.1, 0.15) is 5.54 Å². The SMILES string of the molecule is CC(C)(NS(=O)(=O)c1cccc(Br)c1)C(=O)NC1C2CC3CC(C2)CC1C3. The zero-order valence-electron chi connectivity index (χ0n) is 15.7. The molecule has 4 aliphatic rings. The van der Waals surface area contributed by atoms with Gasteiger partial charge in [-0.3, -0.25) is 4.79 Å². The quantitative estimate of drug-likeness (QED) is 0.714. The molecule has 5 nitrogen and oxygen atoms in total. The van der Waals surface area contributed by atoms with Crippen molar-refractivity contribution in [1.82, 2.24) is 10.0 Å². The standard InChI is InChI=1S/C20H27BrN2O3S/c1-20(2,23-27(25,26)17-5-3-4-16(21)11-17)19(24)22-18-14-7-12-6-13(9-14)10-15(18)8-12/h3-5,11-15,18,23H,6-10H2,1-2H3,(H,22,24). The molecule has 0 spiro atoms. The molecule has 4 aliphatic carbocycles. The molecule has 0 heterocycles. The lowest BCUT2D eigenvalue weighted by Crippen LogP contribution is -2.62. The summed E-state index contributed by atoms with van der Waals surface area (Å²) >= 11 is 3.29. The third-order valence-electron chi connectivity index (χ3n) is 6.59. The van der Waals surface area contributed by atoms with E-state index in [1.807, 2.05) is 0 Å². The Morgan fingerprint density at radius 2 is 1.67 bits per heavy atom. The van der Waals surface area contributed by atoms with Crippen molar-refractivity contribution in [2.45, 2.75) is 62.4 Å². The maximum atomic E-state index is 13.0. The molecule has 0 aromatic heterocycles. The number of halogens is 1. The lowest BCUT2D eigenvalue weighted by molar-refractivity contribution is -0.129. The largest absolute Gasteiger partial charge is 0.351 e. The van der Waals surface area contributed by atoms with Gasteiger partial charge in [-0.05, 0) is 87.8 Å². The average Bonchev–Trinajstić information content (AvgIpc) is 2.56. The Morgan fingerprint density at radius 3 is 2.22 bits per heavy atom. The number of amides is 1. The van der Waals surface area contributed by atoms with Crippen molar-refractivity contribution in [2.24, 2.45) is 23.7 Å². The highest BCUT2D eigenvalue weighted by atomic mass is 79.9. The molecule has 1 aromatic carbocycles. The summed E-state index contributed by atoms with van der Waals surface area (Å²) in [6, 6.07) is 6.69. The Morgan fingerprint density at radius 1 is 1.07 bits per heavy atom. The summed E-state index contributed by atoms with van der Waals surface area (Å²) in [5.74, 6) is 2.55. The van der Waals surface area contributed by atoms with Gasteiger partial charge in [-0.2, -0.15) is 4.72 Å². The van der Waals surface area contributed by atoms with Crippen LogP contribution < -0.4 is 10.0 Å². The first kappa shape index (κ1) is 19.4. The van der Waals surface area contributed by atoms with Gasteiger partial charge in [-0.25, -0.2) is 8.42 Å². The van der Waals surface area contributed by atoms with E-state index < -0.39 is 15.6 Å². The first-order chi connectivity index (χ1) is 12.6. The number of sulfonamides is 1. The Balaban J connectivity index is 1.46. The predicted molar refractivity (Wildman–Crippen MR) is 108 cm³/mol. The molecule has 148 valence electrons. The molecule has 7 heteroatoms. The highest BCUT2D eigenvalue weighted by Gasteiger charge is 2.49. The van der Waals surface area contributed by atoms with E-state index in [4.69, 9.17) is 0 Å². The number of hydrogen-bond donors (Lipinski definition) is 2. The fourth-order valence-electron chi connectivity index (χ4n) is 5.57. The second-order valence-electron chi connectivity index (χ2n) is 9.12. The van der Waals surface area contributed by atoms with Crippen LogP contribution in [0.1, 0.15) is 46.0 Å². The summed E-state index contributed by atoms with van der Waals surface area (Å²) in [4.78, 5) is 13.1. The molecule has 1 amide bonds. The summed E-state index contributed by atoms with van der Waals surface area (Å²) in [6.45, 7) is 3.27. The average molecular weight is 455 g/mol. The van der Waals surface area contributed by atoms with Crippen molar-refractivity contribution in [1.29, 1.82) is 0 Å². The molecule has 2 N–H and O–H groups in total. The van der Waals surface area contributed by atoms with Crippen molar-refractivity contribution in [2.75, 3.05) is 0 Å². The van der Waals surface area contributed by atoms with E-state index in [2.05, 4.69) is 26.0 Å². The van der Waals surface area contributed by atoms with Crippen LogP contribution in [0, 0.1) is 23.7 Å². The summed E-state index contributed by atoms with van der Waals surface area (Å²) < 4.78 is 28.7. The molecule has 5 rings (SSSR count). The van der Waals surface area contributed by atoms with Crippen LogP contribution in [0.4, 0.5) is 0 Å². The van der Waals surface area contributed by atoms with Crippen LogP contribution in [0.25, 0.3) is 0 Å². The summed E-state index contributed by atoms with van der Waals surface area (Å²) in [7, 11) is -3.79. The molecule has 0 saturated heterocycles. The fourth-order valence-corrected chi connectivity index (χ4v) is 7.54. The molecule has 0 aliphatic heterocycles. The van der Waals surface area contributed by atoms with Crippen LogP contribution in [0.15, 0.2) is 33.6 Å². The smallest absolute Gasteiger partial charge is 0.241 e. The minimum atomic E-state index is -3.79. The highest BCUT2D eigenvalue weighted by molar-refractivity contribution is 9.10. The number of rotatable bonds is 5. The second kappa shape index (κ2) is 6.85. The van der Waals surface area contributed by atoms with Crippen LogP contribution >= 0.6 is 15.9 Å². The Labute approximate surface area is 169 Å². The number of benzene rings is 1. The predicted octanol–water partition coefficient (Wildman–Crippen LogP) is 3.45. The molecule has 27 heavy (non-hydrogen) atoms. The van der Waals surface area contributed by atoms with E-state index in [1.54, 1.807) is 26.0 Å². The molecule has 0 atom stereocenters. The zero-order valence-corrected chi connectivity index (χ0v) is 18.1. The van der Waals surface area contributed by atoms with Gasteiger partial charge in [0.05, 0.1) is 4.90 Å². The topological polar surface area (TPSA) is 75.3 Å². The first-order valence-electron chi connectivity index (χ1n) is 9.74. The van der Waals surface area contributed by atoms with E-state index in [9.17, 15) is 13.2 Å². The zero-order chi connectivity index (χ0) is 19.4. The Kier molecular flexibility index (Phi) is 4.92. The number of hydrogen-bond acceptors (Lipinski definition) is 3. The third kappa shape index (κ3) is 3.83. The van der Waals surface area contributed by atoms with Gasteiger partial charge in [-0.15, -0.1) is 0 Å². The Hall–Kier alpha value is -0.920. The van der Waals surface area contributed by atoms with Crippen molar-refractivity contribution in [3.05, 3.63) is 28.7 Å². The van der Waals surface area contributed by atoms with Crippen molar-refractivity contribution in [3.8, 4) is 0 Å². The maximum absolute atomic E-state index is 13.0. The lowest BCUT2D eigenvalue weighted by atomic mass is 9.54. The van der Waals surface area contributed by atoms with E-state index >= 15 is 0 Å². The molecule has 1 aromatic rings. The fraction of sp³-hybridized carbons (Fsp3) is 0.650. The van der Waals surface area contributed by atoms with Crippen molar-refractivity contribution in [3.63, 3.8) is 0 Å². The van der Waals surface area contributed by atoms with Gasteiger partial charge < -0.3 is 5.32 Å². The third-order valence-corrected chi connectivity index (χ3v) is 8.73. The first-order valence-corrected chi connectivity index (χ1v) is 12.0. The Bertz CT molecular complexity index is 825. The van der Waals surface area contributed by atoms with E-state index in [0.717, 1.165) is 11.8 Å². The van der Waals surface area contributed by atoms with Crippen molar-refractivity contribution < 1.29 is 13.2 Å². The second-order valence-corrected chi connectivity index (χ2v) is 11.7. The maximum Gasteiger partial charge on any atom is 0.241 e. The van der Waals surface area contributed by atoms with Gasteiger partial charge in [0.2, 0.25) is 15.9 Å². The number of nitrogens with one attached hydrogen (secondary N) is 2. The molecular weight excluding hydrogens is 428 g/mol. The molecule has 4 saturated carbocycles. The summed E-state index contributed by atoms with van der Waals surface area (Å²) in [5, 5.41) is 3.21. The van der Waals surface area contributed by atoms with Gasteiger partial charge in [0.15, 0.2) is 0 Å². The van der Waals surface area contributed by atoms with Crippen LogP contribution in [-0.2, 0) is 14.8 Å². The number of carbonyl (C=O) groups is 1. The monoisotopic (exact) mass is 454 g/mol. The molecule has 0 unspecified atom stereocenters. The molecule has 0 radical (unpaired) electrons. The van der Waals surface area contributed by atoms with Crippen LogP contribution in [0.2, 0.25) is 0 Å². The van der Waals surface area contributed by atoms with Crippen LogP contribution in [-0.4, -0.2) is 25.9 Å². The van der Waals surface area contributed by atoms with E-state index in [1.165, 1.54) is 44.2 Å². The normalized spacial score (nSPS) is 32.5. The molecular formula is C20H27BrN2O3S. The molecule has 4 bridgehead atoms. The molecule has 4 fully saturated rings.